The van der Waals surface area contributed by atoms with Crippen LogP contribution in [0.25, 0.3) is 10.7 Å². The second kappa shape index (κ2) is 9.16. The van der Waals surface area contributed by atoms with Crippen LogP contribution in [0.4, 0.5) is 0 Å². The molecule has 1 aromatic carbocycles. The highest BCUT2D eigenvalue weighted by atomic mass is 32.1. The van der Waals surface area contributed by atoms with E-state index < -0.39 is 0 Å². The average Bonchev–Trinajstić information content (AvgIpc) is 3.57. The summed E-state index contributed by atoms with van der Waals surface area (Å²) in [5.41, 5.74) is 4.02. The first-order valence-electron chi connectivity index (χ1n) is 10.6. The standard InChI is InChI=1S/C24H23N3O2S2/c28-21(11-12-22-26-24(27-29-22)20-8-4-14-31-20)25-23(19-7-3-13-30-19)18-10-9-16-5-1-2-6-17(16)15-18/h3-4,7-10,13-15,23H,1-2,5-6,11-12H2,(H,25,28). The zero-order valence-electron chi connectivity index (χ0n) is 17.0. The van der Waals surface area contributed by atoms with Gasteiger partial charge in [-0.05, 0) is 65.3 Å². The molecule has 0 aliphatic heterocycles. The molecule has 158 valence electrons. The number of hydrogen-bond acceptors (Lipinski definition) is 6. The van der Waals surface area contributed by atoms with Crippen molar-refractivity contribution in [2.75, 3.05) is 0 Å². The van der Waals surface area contributed by atoms with Crippen LogP contribution in [-0.4, -0.2) is 16.0 Å². The molecule has 0 spiro atoms. The summed E-state index contributed by atoms with van der Waals surface area (Å²) >= 11 is 3.23. The summed E-state index contributed by atoms with van der Waals surface area (Å²) in [7, 11) is 0. The number of aryl methyl sites for hydroxylation is 3. The second-order valence-corrected chi connectivity index (χ2v) is 9.67. The van der Waals surface area contributed by atoms with E-state index in [2.05, 4.69) is 45.1 Å². The van der Waals surface area contributed by atoms with Crippen LogP contribution in [0.1, 0.15) is 52.8 Å². The lowest BCUT2D eigenvalue weighted by molar-refractivity contribution is -0.121. The smallest absolute Gasteiger partial charge is 0.227 e. The van der Waals surface area contributed by atoms with E-state index in [1.54, 1.807) is 22.7 Å². The van der Waals surface area contributed by atoms with Crippen molar-refractivity contribution >= 4 is 28.6 Å². The van der Waals surface area contributed by atoms with Crippen molar-refractivity contribution in [1.82, 2.24) is 15.5 Å². The third-order valence-corrected chi connectivity index (χ3v) is 7.42. The zero-order chi connectivity index (χ0) is 21.0. The normalized spacial score (nSPS) is 14.2. The molecular weight excluding hydrogens is 426 g/mol. The molecule has 4 aromatic rings. The third kappa shape index (κ3) is 4.62. The van der Waals surface area contributed by atoms with Crippen LogP contribution >= 0.6 is 22.7 Å². The Morgan fingerprint density at radius 2 is 1.90 bits per heavy atom. The van der Waals surface area contributed by atoms with E-state index in [1.165, 1.54) is 24.0 Å². The molecule has 5 rings (SSSR count). The van der Waals surface area contributed by atoms with Gasteiger partial charge < -0.3 is 9.84 Å². The summed E-state index contributed by atoms with van der Waals surface area (Å²) in [6.07, 6.45) is 5.51. The number of benzene rings is 1. The highest BCUT2D eigenvalue weighted by molar-refractivity contribution is 7.13. The summed E-state index contributed by atoms with van der Waals surface area (Å²) in [5, 5.41) is 11.3. The van der Waals surface area contributed by atoms with Crippen molar-refractivity contribution in [3.63, 3.8) is 0 Å². The number of amides is 1. The van der Waals surface area contributed by atoms with E-state index in [0.29, 0.717) is 24.6 Å². The number of rotatable bonds is 7. The molecule has 31 heavy (non-hydrogen) atoms. The number of aromatic nitrogens is 2. The molecule has 1 aliphatic carbocycles. The van der Waals surface area contributed by atoms with E-state index in [1.807, 2.05) is 23.6 Å². The van der Waals surface area contributed by atoms with Gasteiger partial charge in [-0.1, -0.05) is 35.5 Å². The molecule has 5 nitrogen and oxygen atoms in total. The minimum atomic E-state index is -0.135. The first-order chi connectivity index (χ1) is 15.3. The number of hydrogen-bond donors (Lipinski definition) is 1. The Bertz CT molecular complexity index is 1150. The molecule has 0 saturated carbocycles. The van der Waals surface area contributed by atoms with Gasteiger partial charge in [0, 0.05) is 17.7 Å². The lowest BCUT2D eigenvalue weighted by Gasteiger charge is -2.22. The van der Waals surface area contributed by atoms with Crippen LogP contribution in [0.3, 0.4) is 0 Å². The van der Waals surface area contributed by atoms with E-state index in [9.17, 15) is 4.79 Å². The molecule has 1 amide bonds. The minimum Gasteiger partial charge on any atom is -0.344 e. The van der Waals surface area contributed by atoms with Crippen LogP contribution in [0.5, 0.6) is 0 Å². The van der Waals surface area contributed by atoms with Crippen LogP contribution in [0.15, 0.2) is 57.7 Å². The van der Waals surface area contributed by atoms with E-state index >= 15 is 0 Å². The quantitative estimate of drug-likeness (QED) is 0.400. The van der Waals surface area contributed by atoms with Gasteiger partial charge in [0.15, 0.2) is 0 Å². The largest absolute Gasteiger partial charge is 0.344 e. The lowest BCUT2D eigenvalue weighted by Crippen LogP contribution is -2.29. The van der Waals surface area contributed by atoms with Crippen LogP contribution < -0.4 is 5.32 Å². The number of thiophene rings is 2. The van der Waals surface area contributed by atoms with Crippen LogP contribution in [0, 0.1) is 0 Å². The van der Waals surface area contributed by atoms with Gasteiger partial charge >= 0.3 is 0 Å². The Hall–Kier alpha value is -2.77. The van der Waals surface area contributed by atoms with E-state index in [0.717, 1.165) is 28.2 Å². The fourth-order valence-electron chi connectivity index (χ4n) is 4.02. The van der Waals surface area contributed by atoms with Crippen molar-refractivity contribution < 1.29 is 9.32 Å². The summed E-state index contributed by atoms with van der Waals surface area (Å²) in [6.45, 7) is 0. The SMILES string of the molecule is O=C(CCc1nc(-c2cccs2)no1)NC(c1ccc2c(c1)CCCC2)c1cccs1. The number of carbonyl (C=O) groups is 1. The molecule has 0 radical (unpaired) electrons. The molecule has 1 atom stereocenters. The third-order valence-electron chi connectivity index (χ3n) is 5.61. The van der Waals surface area contributed by atoms with Crippen molar-refractivity contribution in [1.29, 1.82) is 0 Å². The minimum absolute atomic E-state index is 0.0213. The molecule has 0 bridgehead atoms. The van der Waals surface area contributed by atoms with Gasteiger partial charge in [0.2, 0.25) is 17.6 Å². The van der Waals surface area contributed by atoms with Gasteiger partial charge in [0.05, 0.1) is 10.9 Å². The highest BCUT2D eigenvalue weighted by Gasteiger charge is 2.21. The zero-order valence-corrected chi connectivity index (χ0v) is 18.7. The maximum atomic E-state index is 12.8. The highest BCUT2D eigenvalue weighted by Crippen LogP contribution is 2.30. The first-order valence-corrected chi connectivity index (χ1v) is 12.3. The van der Waals surface area contributed by atoms with Gasteiger partial charge in [-0.25, -0.2) is 0 Å². The van der Waals surface area contributed by atoms with Crippen molar-refractivity contribution in [3.05, 3.63) is 80.7 Å². The van der Waals surface area contributed by atoms with E-state index in [-0.39, 0.29) is 11.9 Å². The fraction of sp³-hybridized carbons (Fsp3) is 0.292. The van der Waals surface area contributed by atoms with Gasteiger partial charge in [-0.3, -0.25) is 4.79 Å². The summed E-state index contributed by atoms with van der Waals surface area (Å²) in [4.78, 5) is 19.3. The Morgan fingerprint density at radius 1 is 1.06 bits per heavy atom. The monoisotopic (exact) mass is 449 g/mol. The summed E-state index contributed by atoms with van der Waals surface area (Å²) in [6, 6.07) is 14.6. The average molecular weight is 450 g/mol. The molecule has 1 N–H and O–H groups in total. The topological polar surface area (TPSA) is 68.0 Å². The molecule has 0 fully saturated rings. The second-order valence-electron chi connectivity index (χ2n) is 7.74. The maximum absolute atomic E-state index is 12.8. The Kier molecular flexibility index (Phi) is 5.95. The fourth-order valence-corrected chi connectivity index (χ4v) is 5.47. The molecular formula is C24H23N3O2S2. The molecule has 1 unspecified atom stereocenters. The number of carbonyl (C=O) groups excluding carboxylic acids is 1. The van der Waals surface area contributed by atoms with Gasteiger partial charge in [-0.2, -0.15) is 4.98 Å². The van der Waals surface area contributed by atoms with Crippen molar-refractivity contribution in [3.8, 4) is 10.7 Å². The predicted octanol–water partition coefficient (Wildman–Crippen LogP) is 5.58. The molecule has 3 aromatic heterocycles. The summed E-state index contributed by atoms with van der Waals surface area (Å²) in [5.74, 6) is 1.04. The van der Waals surface area contributed by atoms with E-state index in [4.69, 9.17) is 4.52 Å². The Balaban J connectivity index is 1.28. The predicted molar refractivity (Wildman–Crippen MR) is 123 cm³/mol. The lowest BCUT2D eigenvalue weighted by atomic mass is 9.89. The number of nitrogens with one attached hydrogen (secondary N) is 1. The molecule has 3 heterocycles. The van der Waals surface area contributed by atoms with Crippen LogP contribution in [0.2, 0.25) is 0 Å². The van der Waals surface area contributed by atoms with Crippen LogP contribution in [-0.2, 0) is 24.1 Å². The molecule has 7 heteroatoms. The number of nitrogens with zero attached hydrogens (tertiary/aromatic N) is 2. The van der Waals surface area contributed by atoms with Gasteiger partial charge in [-0.15, -0.1) is 22.7 Å². The molecule has 1 aliphatic rings. The Labute approximate surface area is 189 Å². The maximum Gasteiger partial charge on any atom is 0.227 e. The molecule has 0 saturated heterocycles. The van der Waals surface area contributed by atoms with Gasteiger partial charge in [0.25, 0.3) is 0 Å². The number of fused-ring (bicyclic) bond motifs is 1. The van der Waals surface area contributed by atoms with Gasteiger partial charge in [0.1, 0.15) is 0 Å². The first kappa shape index (κ1) is 20.2. The summed E-state index contributed by atoms with van der Waals surface area (Å²) < 4.78 is 5.33. The Morgan fingerprint density at radius 3 is 2.71 bits per heavy atom. The van der Waals surface area contributed by atoms with Crippen molar-refractivity contribution in [2.24, 2.45) is 0 Å². The van der Waals surface area contributed by atoms with Crippen molar-refractivity contribution in [2.45, 2.75) is 44.6 Å².